The summed E-state index contributed by atoms with van der Waals surface area (Å²) in [5.74, 6) is -0.324. The minimum atomic E-state index is -0.768. The Morgan fingerprint density at radius 2 is 2.05 bits per heavy atom. The molecule has 1 aliphatic carbocycles. The SMILES string of the molecule is CN(CC1(O)CCCC1)C(=O)c1ccc(Br)cc1O. The first-order valence-corrected chi connectivity index (χ1v) is 7.17. The summed E-state index contributed by atoms with van der Waals surface area (Å²) in [5.41, 5.74) is -0.512. The summed E-state index contributed by atoms with van der Waals surface area (Å²) in [5, 5.41) is 20.1. The summed E-state index contributed by atoms with van der Waals surface area (Å²) in [7, 11) is 1.65. The van der Waals surface area contributed by atoms with E-state index in [1.54, 1.807) is 19.2 Å². The molecule has 0 aliphatic heterocycles. The van der Waals surface area contributed by atoms with Crippen molar-refractivity contribution >= 4 is 21.8 Å². The van der Waals surface area contributed by atoms with Crippen LogP contribution in [-0.4, -0.2) is 40.2 Å². The maximum absolute atomic E-state index is 12.2. The molecule has 1 aromatic rings. The smallest absolute Gasteiger partial charge is 0.257 e. The number of carbonyl (C=O) groups excluding carboxylic acids is 1. The van der Waals surface area contributed by atoms with Gasteiger partial charge in [0.1, 0.15) is 5.75 Å². The molecule has 0 atom stereocenters. The Balaban J connectivity index is 2.10. The summed E-state index contributed by atoms with van der Waals surface area (Å²) < 4.78 is 0.721. The van der Waals surface area contributed by atoms with E-state index in [-0.39, 0.29) is 17.2 Å². The van der Waals surface area contributed by atoms with E-state index in [0.717, 1.165) is 30.2 Å². The average Bonchev–Trinajstić information content (AvgIpc) is 2.75. The number of benzene rings is 1. The Morgan fingerprint density at radius 3 is 2.63 bits per heavy atom. The fourth-order valence-corrected chi connectivity index (χ4v) is 2.94. The van der Waals surface area contributed by atoms with Crippen LogP contribution in [0.2, 0.25) is 0 Å². The van der Waals surface area contributed by atoms with Crippen molar-refractivity contribution in [1.82, 2.24) is 4.90 Å². The van der Waals surface area contributed by atoms with Gasteiger partial charge in [-0.05, 0) is 31.0 Å². The molecule has 0 bridgehead atoms. The Morgan fingerprint density at radius 1 is 1.42 bits per heavy atom. The van der Waals surface area contributed by atoms with Crippen molar-refractivity contribution in [2.75, 3.05) is 13.6 Å². The number of carbonyl (C=O) groups is 1. The number of halogens is 1. The molecular formula is C14H18BrNO3. The summed E-state index contributed by atoms with van der Waals surface area (Å²) in [6.07, 6.45) is 3.47. The van der Waals surface area contributed by atoms with Gasteiger partial charge in [0.15, 0.2) is 0 Å². The molecule has 0 aromatic heterocycles. The van der Waals surface area contributed by atoms with Gasteiger partial charge in [-0.15, -0.1) is 0 Å². The first-order chi connectivity index (χ1) is 8.91. The van der Waals surface area contributed by atoms with E-state index in [1.165, 1.54) is 11.0 Å². The van der Waals surface area contributed by atoms with Crippen LogP contribution in [0.4, 0.5) is 0 Å². The molecule has 0 radical (unpaired) electrons. The van der Waals surface area contributed by atoms with Crippen LogP contribution in [0.3, 0.4) is 0 Å². The molecule has 1 saturated carbocycles. The van der Waals surface area contributed by atoms with Gasteiger partial charge in [-0.25, -0.2) is 0 Å². The number of hydrogen-bond acceptors (Lipinski definition) is 3. The Hall–Kier alpha value is -1.07. The summed E-state index contributed by atoms with van der Waals surface area (Å²) in [4.78, 5) is 13.7. The number of aromatic hydroxyl groups is 1. The van der Waals surface area contributed by atoms with Gasteiger partial charge in [-0.2, -0.15) is 0 Å². The summed E-state index contributed by atoms with van der Waals surface area (Å²) >= 11 is 3.24. The fraction of sp³-hybridized carbons (Fsp3) is 0.500. The number of phenolic OH excluding ortho intramolecular Hbond substituents is 1. The summed E-state index contributed by atoms with van der Waals surface area (Å²) in [6, 6.07) is 4.79. The van der Waals surface area contributed by atoms with Gasteiger partial charge in [-0.3, -0.25) is 4.79 Å². The highest BCUT2D eigenvalue weighted by Gasteiger charge is 2.33. The molecule has 4 nitrogen and oxygen atoms in total. The first kappa shape index (κ1) is 14.3. The number of phenols is 1. The van der Waals surface area contributed by atoms with E-state index in [9.17, 15) is 15.0 Å². The number of rotatable bonds is 3. The van der Waals surface area contributed by atoms with Gasteiger partial charge in [0.05, 0.1) is 11.2 Å². The van der Waals surface area contributed by atoms with Crippen LogP contribution in [0, 0.1) is 0 Å². The maximum atomic E-state index is 12.2. The quantitative estimate of drug-likeness (QED) is 0.896. The molecule has 1 fully saturated rings. The minimum absolute atomic E-state index is 0.0513. The molecule has 0 unspecified atom stereocenters. The first-order valence-electron chi connectivity index (χ1n) is 6.38. The van der Waals surface area contributed by atoms with Crippen LogP contribution in [-0.2, 0) is 0 Å². The van der Waals surface area contributed by atoms with E-state index in [0.29, 0.717) is 6.54 Å². The van der Waals surface area contributed by atoms with Crippen LogP contribution in [0.1, 0.15) is 36.0 Å². The van der Waals surface area contributed by atoms with Crippen molar-refractivity contribution in [2.45, 2.75) is 31.3 Å². The van der Waals surface area contributed by atoms with Gasteiger partial charge in [0.2, 0.25) is 0 Å². The number of hydrogen-bond donors (Lipinski definition) is 2. The van der Waals surface area contributed by atoms with Gasteiger partial charge in [-0.1, -0.05) is 28.8 Å². The lowest BCUT2D eigenvalue weighted by Gasteiger charge is -2.28. The Labute approximate surface area is 121 Å². The second kappa shape index (κ2) is 5.51. The molecule has 5 heteroatoms. The molecule has 2 N–H and O–H groups in total. The average molecular weight is 328 g/mol. The molecule has 19 heavy (non-hydrogen) atoms. The lowest BCUT2D eigenvalue weighted by atomic mass is 10.0. The third-order valence-electron chi connectivity index (χ3n) is 3.60. The topological polar surface area (TPSA) is 60.8 Å². The third-order valence-corrected chi connectivity index (χ3v) is 4.10. The largest absolute Gasteiger partial charge is 0.507 e. The van der Waals surface area contributed by atoms with Crippen molar-refractivity contribution in [3.63, 3.8) is 0 Å². The lowest BCUT2D eigenvalue weighted by Crippen LogP contribution is -2.42. The van der Waals surface area contributed by atoms with Crippen LogP contribution in [0.5, 0.6) is 5.75 Å². The monoisotopic (exact) mass is 327 g/mol. The second-order valence-corrected chi connectivity index (χ2v) is 6.17. The Bertz CT molecular complexity index is 484. The number of aliphatic hydroxyl groups is 1. The van der Waals surface area contributed by atoms with Gasteiger partial charge in [0, 0.05) is 18.1 Å². The van der Waals surface area contributed by atoms with Crippen LogP contribution in [0.15, 0.2) is 22.7 Å². The van der Waals surface area contributed by atoms with Crippen molar-refractivity contribution in [3.8, 4) is 5.75 Å². The Kier molecular flexibility index (Phi) is 4.16. The second-order valence-electron chi connectivity index (χ2n) is 5.25. The molecule has 0 saturated heterocycles. The fourth-order valence-electron chi connectivity index (χ4n) is 2.60. The number of nitrogens with zero attached hydrogens (tertiary/aromatic N) is 1. The van der Waals surface area contributed by atoms with Crippen LogP contribution in [0.25, 0.3) is 0 Å². The molecule has 1 aromatic carbocycles. The van der Waals surface area contributed by atoms with Crippen molar-refractivity contribution < 1.29 is 15.0 Å². The van der Waals surface area contributed by atoms with Crippen molar-refractivity contribution in [2.24, 2.45) is 0 Å². The molecule has 0 spiro atoms. The standard InChI is InChI=1S/C14H18BrNO3/c1-16(9-14(19)6-2-3-7-14)13(18)11-5-4-10(15)8-12(11)17/h4-5,8,17,19H,2-3,6-7,9H2,1H3. The predicted octanol–water partition coefficient (Wildman–Crippen LogP) is 2.53. The predicted molar refractivity (Wildman–Crippen MR) is 76.2 cm³/mol. The molecular weight excluding hydrogens is 310 g/mol. The zero-order valence-electron chi connectivity index (χ0n) is 10.9. The number of likely N-dealkylation sites (N-methyl/N-ethyl adjacent to an activating group) is 1. The lowest BCUT2D eigenvalue weighted by molar-refractivity contribution is 0.0155. The highest BCUT2D eigenvalue weighted by molar-refractivity contribution is 9.10. The normalized spacial score (nSPS) is 17.4. The van der Waals surface area contributed by atoms with Gasteiger partial charge in [0.25, 0.3) is 5.91 Å². The van der Waals surface area contributed by atoms with Crippen molar-refractivity contribution in [3.05, 3.63) is 28.2 Å². The van der Waals surface area contributed by atoms with Gasteiger partial charge >= 0.3 is 0 Å². The minimum Gasteiger partial charge on any atom is -0.507 e. The van der Waals surface area contributed by atoms with Crippen LogP contribution < -0.4 is 0 Å². The van der Waals surface area contributed by atoms with Crippen molar-refractivity contribution in [1.29, 1.82) is 0 Å². The zero-order valence-corrected chi connectivity index (χ0v) is 12.5. The number of amides is 1. The highest BCUT2D eigenvalue weighted by atomic mass is 79.9. The zero-order chi connectivity index (χ0) is 14.0. The molecule has 0 heterocycles. The van der Waals surface area contributed by atoms with E-state index in [2.05, 4.69) is 15.9 Å². The maximum Gasteiger partial charge on any atom is 0.257 e. The van der Waals surface area contributed by atoms with Crippen LogP contribution >= 0.6 is 15.9 Å². The molecule has 2 rings (SSSR count). The summed E-state index contributed by atoms with van der Waals surface area (Å²) in [6.45, 7) is 0.307. The van der Waals surface area contributed by atoms with E-state index in [4.69, 9.17) is 0 Å². The van der Waals surface area contributed by atoms with E-state index in [1.807, 2.05) is 0 Å². The van der Waals surface area contributed by atoms with E-state index >= 15 is 0 Å². The molecule has 1 aliphatic rings. The molecule has 1 amide bonds. The third kappa shape index (κ3) is 3.28. The van der Waals surface area contributed by atoms with E-state index < -0.39 is 5.60 Å². The van der Waals surface area contributed by atoms with Gasteiger partial charge < -0.3 is 15.1 Å². The molecule has 104 valence electrons. The highest BCUT2D eigenvalue weighted by Crippen LogP contribution is 2.31.